The van der Waals surface area contributed by atoms with E-state index in [9.17, 15) is 4.79 Å². The maximum atomic E-state index is 12.9. The van der Waals surface area contributed by atoms with Crippen LogP contribution in [0.3, 0.4) is 0 Å². The summed E-state index contributed by atoms with van der Waals surface area (Å²) in [6.07, 6.45) is 3.58. The van der Waals surface area contributed by atoms with Gasteiger partial charge in [-0.3, -0.25) is 4.79 Å². The van der Waals surface area contributed by atoms with Crippen molar-refractivity contribution in [2.45, 2.75) is 32.1 Å². The van der Waals surface area contributed by atoms with E-state index < -0.39 is 0 Å². The number of hydrogen-bond acceptors (Lipinski definition) is 4. The molecule has 0 unspecified atom stereocenters. The number of aromatic nitrogens is 3. The maximum absolute atomic E-state index is 12.9. The Labute approximate surface area is 175 Å². The lowest BCUT2D eigenvalue weighted by atomic mass is 10.1. The van der Waals surface area contributed by atoms with E-state index in [4.69, 9.17) is 16.3 Å². The van der Waals surface area contributed by atoms with Gasteiger partial charge in [0.05, 0.1) is 25.5 Å². The van der Waals surface area contributed by atoms with E-state index >= 15 is 0 Å². The summed E-state index contributed by atoms with van der Waals surface area (Å²) < 4.78 is 7.67. The van der Waals surface area contributed by atoms with Crippen LogP contribution in [0.2, 0.25) is 5.02 Å². The van der Waals surface area contributed by atoms with Crippen molar-refractivity contribution in [2.24, 2.45) is 0 Å². The number of halogens is 1. The highest BCUT2D eigenvalue weighted by atomic mass is 35.5. The molecule has 0 saturated carbocycles. The summed E-state index contributed by atoms with van der Waals surface area (Å²) in [6, 6.07) is 17.7. The second-order valence-corrected chi connectivity index (χ2v) is 7.61. The summed E-state index contributed by atoms with van der Waals surface area (Å²) in [5, 5.41) is 8.84. The third kappa shape index (κ3) is 5.02. The third-order valence-corrected chi connectivity index (χ3v) is 5.41. The Morgan fingerprint density at radius 1 is 1.14 bits per heavy atom. The molecule has 1 atom stereocenters. The average Bonchev–Trinajstić information content (AvgIpc) is 3.23. The normalized spacial score (nSPS) is 16.7. The lowest BCUT2D eigenvalue weighted by molar-refractivity contribution is -0.00689. The molecule has 0 aliphatic carbocycles. The third-order valence-electron chi connectivity index (χ3n) is 5.04. The molecular formula is C22H23ClN4O2. The van der Waals surface area contributed by atoms with Crippen molar-refractivity contribution < 1.29 is 9.53 Å². The number of hydrogen-bond donors (Lipinski definition) is 0. The van der Waals surface area contributed by atoms with Gasteiger partial charge in [-0.2, -0.15) is 0 Å². The molecule has 3 aromatic rings. The zero-order chi connectivity index (χ0) is 20.1. The van der Waals surface area contributed by atoms with E-state index in [-0.39, 0.29) is 12.0 Å². The van der Waals surface area contributed by atoms with Gasteiger partial charge < -0.3 is 9.64 Å². The predicted molar refractivity (Wildman–Crippen MR) is 111 cm³/mol. The van der Waals surface area contributed by atoms with Crippen LogP contribution in [-0.4, -0.2) is 45.0 Å². The number of carbonyl (C=O) groups is 1. The van der Waals surface area contributed by atoms with E-state index in [2.05, 4.69) is 10.3 Å². The minimum atomic E-state index is -0.108. The summed E-state index contributed by atoms with van der Waals surface area (Å²) in [4.78, 5) is 14.7. The van der Waals surface area contributed by atoms with Crippen molar-refractivity contribution in [1.29, 1.82) is 0 Å². The van der Waals surface area contributed by atoms with Crippen LogP contribution in [0.1, 0.15) is 34.5 Å². The van der Waals surface area contributed by atoms with Crippen molar-refractivity contribution in [3.8, 4) is 0 Å². The molecule has 1 aromatic heterocycles. The smallest absolute Gasteiger partial charge is 0.276 e. The first-order valence-corrected chi connectivity index (χ1v) is 10.1. The van der Waals surface area contributed by atoms with Crippen molar-refractivity contribution in [3.63, 3.8) is 0 Å². The largest absolute Gasteiger partial charge is 0.372 e. The fourth-order valence-corrected chi connectivity index (χ4v) is 3.68. The second-order valence-electron chi connectivity index (χ2n) is 7.20. The molecule has 0 spiro atoms. The number of amides is 1. The van der Waals surface area contributed by atoms with E-state index in [1.807, 2.05) is 59.5 Å². The van der Waals surface area contributed by atoms with Gasteiger partial charge in [0, 0.05) is 18.1 Å². The van der Waals surface area contributed by atoms with Crippen molar-refractivity contribution in [1.82, 2.24) is 19.9 Å². The first-order valence-electron chi connectivity index (χ1n) is 9.77. The Bertz CT molecular complexity index is 960. The van der Waals surface area contributed by atoms with Crippen LogP contribution < -0.4 is 0 Å². The number of likely N-dealkylation sites (tertiary alicyclic amines) is 1. The van der Waals surface area contributed by atoms with Gasteiger partial charge in [0.1, 0.15) is 0 Å². The van der Waals surface area contributed by atoms with E-state index in [1.165, 1.54) is 0 Å². The van der Waals surface area contributed by atoms with Gasteiger partial charge >= 0.3 is 0 Å². The first-order chi connectivity index (χ1) is 14.2. The van der Waals surface area contributed by atoms with Gasteiger partial charge in [-0.1, -0.05) is 65.3 Å². The monoisotopic (exact) mass is 410 g/mol. The van der Waals surface area contributed by atoms with Crippen LogP contribution in [0.25, 0.3) is 0 Å². The first kappa shape index (κ1) is 19.6. The fourth-order valence-electron chi connectivity index (χ4n) is 3.48. The Balaban J connectivity index is 1.35. The van der Waals surface area contributed by atoms with Crippen LogP contribution in [0, 0.1) is 0 Å². The summed E-state index contributed by atoms with van der Waals surface area (Å²) in [7, 11) is 0. The molecule has 1 amide bonds. The molecule has 0 N–H and O–H groups in total. The molecule has 2 aromatic carbocycles. The number of ether oxygens (including phenoxy) is 1. The summed E-state index contributed by atoms with van der Waals surface area (Å²) >= 11 is 6.20. The zero-order valence-corrected chi connectivity index (χ0v) is 16.8. The molecule has 0 bridgehead atoms. The number of piperidine rings is 1. The van der Waals surface area contributed by atoms with Gasteiger partial charge in [-0.05, 0) is 30.0 Å². The molecule has 2 heterocycles. The fraction of sp³-hybridized carbons (Fsp3) is 0.318. The van der Waals surface area contributed by atoms with Crippen molar-refractivity contribution >= 4 is 17.5 Å². The molecule has 4 rings (SSSR count). The highest BCUT2D eigenvalue weighted by molar-refractivity contribution is 6.31. The lowest BCUT2D eigenvalue weighted by Gasteiger charge is -2.32. The predicted octanol–water partition coefficient (Wildman–Crippen LogP) is 3.80. The van der Waals surface area contributed by atoms with Crippen molar-refractivity contribution in [2.75, 3.05) is 13.1 Å². The highest BCUT2D eigenvalue weighted by Gasteiger charge is 2.26. The SMILES string of the molecule is O=C(c1cn(Cc2ccccc2Cl)nn1)N1CCC[C@H](OCc2ccccc2)C1. The van der Waals surface area contributed by atoms with Crippen LogP contribution in [0.4, 0.5) is 0 Å². The Morgan fingerprint density at radius 2 is 1.93 bits per heavy atom. The second kappa shape index (κ2) is 9.20. The van der Waals surface area contributed by atoms with Gasteiger partial charge in [0.25, 0.3) is 5.91 Å². The summed E-state index contributed by atoms with van der Waals surface area (Å²) in [5.74, 6) is -0.108. The topological polar surface area (TPSA) is 60.2 Å². The number of nitrogens with zero attached hydrogens (tertiary/aromatic N) is 4. The Morgan fingerprint density at radius 3 is 2.76 bits per heavy atom. The number of benzene rings is 2. The van der Waals surface area contributed by atoms with Crippen LogP contribution in [0.15, 0.2) is 60.8 Å². The lowest BCUT2D eigenvalue weighted by Crippen LogP contribution is -2.43. The standard InChI is InChI=1S/C22H23ClN4O2/c23-20-11-5-4-9-18(20)13-27-15-21(24-25-27)22(28)26-12-6-10-19(14-26)29-16-17-7-2-1-3-8-17/h1-5,7-9,11,15,19H,6,10,12-14,16H2/t19-/m0/s1. The number of rotatable bonds is 6. The molecule has 150 valence electrons. The van der Waals surface area contributed by atoms with Gasteiger partial charge in [-0.15, -0.1) is 5.10 Å². The van der Waals surface area contributed by atoms with Gasteiger partial charge in [-0.25, -0.2) is 4.68 Å². The summed E-state index contributed by atoms with van der Waals surface area (Å²) in [6.45, 7) is 2.31. The zero-order valence-electron chi connectivity index (χ0n) is 16.1. The van der Waals surface area contributed by atoms with Crippen molar-refractivity contribution in [3.05, 3.63) is 82.6 Å². The molecule has 1 fully saturated rings. The summed E-state index contributed by atoms with van der Waals surface area (Å²) in [5.41, 5.74) is 2.42. The average molecular weight is 411 g/mol. The maximum Gasteiger partial charge on any atom is 0.276 e. The molecule has 0 radical (unpaired) electrons. The molecule has 1 aliphatic rings. The molecule has 29 heavy (non-hydrogen) atoms. The number of carbonyl (C=O) groups excluding carboxylic acids is 1. The minimum absolute atomic E-state index is 0.0334. The molecular weight excluding hydrogens is 388 g/mol. The molecule has 7 heteroatoms. The highest BCUT2D eigenvalue weighted by Crippen LogP contribution is 2.18. The van der Waals surface area contributed by atoms with E-state index in [0.29, 0.717) is 37.0 Å². The molecule has 6 nitrogen and oxygen atoms in total. The van der Waals surface area contributed by atoms with Crippen LogP contribution in [0.5, 0.6) is 0 Å². The van der Waals surface area contributed by atoms with Crippen LogP contribution in [-0.2, 0) is 17.9 Å². The van der Waals surface area contributed by atoms with E-state index in [0.717, 1.165) is 24.0 Å². The van der Waals surface area contributed by atoms with Gasteiger partial charge in [0.15, 0.2) is 5.69 Å². The van der Waals surface area contributed by atoms with E-state index in [1.54, 1.807) is 10.9 Å². The van der Waals surface area contributed by atoms with Crippen LogP contribution >= 0.6 is 11.6 Å². The molecule has 1 saturated heterocycles. The Hall–Kier alpha value is -2.70. The minimum Gasteiger partial charge on any atom is -0.372 e. The quantitative estimate of drug-likeness (QED) is 0.620. The van der Waals surface area contributed by atoms with Gasteiger partial charge in [0.2, 0.25) is 0 Å². The Kier molecular flexibility index (Phi) is 6.22. The molecule has 1 aliphatic heterocycles.